The molecule has 0 fully saturated rings. The molecule has 3 aromatic carbocycles. The highest BCUT2D eigenvalue weighted by Crippen LogP contribution is 2.47. The summed E-state index contributed by atoms with van der Waals surface area (Å²) in [6.07, 6.45) is 1.23. The highest BCUT2D eigenvalue weighted by Gasteiger charge is 2.49. The van der Waals surface area contributed by atoms with Crippen molar-refractivity contribution in [3.8, 4) is 5.88 Å². The molecule has 30 heavy (non-hydrogen) atoms. The number of hydrogen-bond acceptors (Lipinski definition) is 4. The molecule has 5 nitrogen and oxygen atoms in total. The minimum absolute atomic E-state index is 0.296. The summed E-state index contributed by atoms with van der Waals surface area (Å²) in [7, 11) is 0. The number of aromatic nitrogens is 2. The summed E-state index contributed by atoms with van der Waals surface area (Å²) in [4.78, 5) is 0.417. The maximum absolute atomic E-state index is 12.0. The number of nitrogens with zero attached hydrogens (tertiary/aromatic N) is 2. The SMILES string of the molecule is N[S+]([O-])c1cnn2c1OC(C(c1ccccc1)(c1ccccc1)c1ccccc1)C2. The van der Waals surface area contributed by atoms with Crippen LogP contribution in [0, 0.1) is 0 Å². The van der Waals surface area contributed by atoms with Gasteiger partial charge >= 0.3 is 0 Å². The summed E-state index contributed by atoms with van der Waals surface area (Å²) < 4.78 is 20.2. The Morgan fingerprint density at radius 3 is 1.77 bits per heavy atom. The van der Waals surface area contributed by atoms with E-state index in [0.29, 0.717) is 17.3 Å². The van der Waals surface area contributed by atoms with Gasteiger partial charge in [0, 0.05) is 0 Å². The van der Waals surface area contributed by atoms with Crippen LogP contribution in [0.3, 0.4) is 0 Å². The molecule has 2 N–H and O–H groups in total. The number of fused-ring (bicyclic) bond motifs is 1. The molecule has 6 heteroatoms. The molecule has 4 aromatic rings. The van der Waals surface area contributed by atoms with Crippen molar-refractivity contribution in [3.05, 3.63) is 114 Å². The first kappa shape index (κ1) is 18.9. The molecule has 5 rings (SSSR count). The molecule has 1 aromatic heterocycles. The van der Waals surface area contributed by atoms with Crippen LogP contribution in [-0.2, 0) is 23.3 Å². The van der Waals surface area contributed by atoms with Crippen LogP contribution in [-0.4, -0.2) is 20.4 Å². The van der Waals surface area contributed by atoms with Crippen molar-refractivity contribution in [2.45, 2.75) is 23.0 Å². The molecule has 2 atom stereocenters. The Balaban J connectivity index is 1.75. The maximum Gasteiger partial charge on any atom is 0.271 e. The largest absolute Gasteiger partial charge is 0.593 e. The van der Waals surface area contributed by atoms with Crippen LogP contribution < -0.4 is 9.88 Å². The number of benzene rings is 3. The van der Waals surface area contributed by atoms with Crippen LogP contribution >= 0.6 is 0 Å². The van der Waals surface area contributed by atoms with E-state index < -0.39 is 16.8 Å². The van der Waals surface area contributed by atoms with Crippen LogP contribution in [0.1, 0.15) is 16.7 Å². The Hall–Kier alpha value is -3.06. The highest BCUT2D eigenvalue weighted by molar-refractivity contribution is 7.89. The van der Waals surface area contributed by atoms with E-state index in [1.807, 2.05) is 54.6 Å². The molecule has 2 heterocycles. The molecule has 0 spiro atoms. The van der Waals surface area contributed by atoms with Gasteiger partial charge in [-0.1, -0.05) is 91.0 Å². The summed E-state index contributed by atoms with van der Waals surface area (Å²) in [5.41, 5.74) is 2.77. The lowest BCUT2D eigenvalue weighted by molar-refractivity contribution is 0.168. The lowest BCUT2D eigenvalue weighted by atomic mass is 9.65. The summed E-state index contributed by atoms with van der Waals surface area (Å²) >= 11 is -1.66. The molecular weight excluding hydrogens is 394 g/mol. The van der Waals surface area contributed by atoms with E-state index in [4.69, 9.17) is 9.88 Å². The summed E-state index contributed by atoms with van der Waals surface area (Å²) in [5, 5.41) is 10.0. The van der Waals surface area contributed by atoms with Gasteiger partial charge in [0.15, 0.2) is 0 Å². The number of hydrogen-bond donors (Lipinski definition) is 1. The summed E-state index contributed by atoms with van der Waals surface area (Å²) in [6, 6.07) is 31.1. The van der Waals surface area contributed by atoms with Gasteiger partial charge in [-0.25, -0.2) is 4.68 Å². The predicted octanol–water partition coefficient (Wildman–Crippen LogP) is 3.66. The summed E-state index contributed by atoms with van der Waals surface area (Å²) in [6.45, 7) is 0.519. The lowest BCUT2D eigenvalue weighted by Gasteiger charge is -2.39. The first-order valence-corrected chi connectivity index (χ1v) is 11.0. The van der Waals surface area contributed by atoms with Gasteiger partial charge in [0.2, 0.25) is 0 Å². The van der Waals surface area contributed by atoms with Gasteiger partial charge in [0.1, 0.15) is 12.3 Å². The highest BCUT2D eigenvalue weighted by atomic mass is 32.2. The normalized spacial score (nSPS) is 16.7. The molecule has 0 saturated heterocycles. The van der Waals surface area contributed by atoms with E-state index in [2.05, 4.69) is 41.5 Å². The predicted molar refractivity (Wildman–Crippen MR) is 116 cm³/mol. The van der Waals surface area contributed by atoms with Crippen LogP contribution in [0.15, 0.2) is 102 Å². The van der Waals surface area contributed by atoms with E-state index in [-0.39, 0.29) is 6.10 Å². The minimum atomic E-state index is -1.66. The lowest BCUT2D eigenvalue weighted by Crippen LogP contribution is -2.45. The second-order valence-corrected chi connectivity index (χ2v) is 8.34. The van der Waals surface area contributed by atoms with Crippen molar-refractivity contribution >= 4 is 11.4 Å². The van der Waals surface area contributed by atoms with Gasteiger partial charge in [-0.3, -0.25) is 0 Å². The monoisotopic (exact) mass is 415 g/mol. The zero-order chi connectivity index (χ0) is 20.6. The number of nitrogens with two attached hydrogens (primary N) is 1. The second-order valence-electron chi connectivity index (χ2n) is 7.31. The van der Waals surface area contributed by atoms with Gasteiger partial charge in [0.25, 0.3) is 10.8 Å². The first-order valence-electron chi connectivity index (χ1n) is 9.76. The second kappa shape index (κ2) is 7.65. The van der Waals surface area contributed by atoms with Gasteiger partial charge in [-0.2, -0.15) is 5.10 Å². The van der Waals surface area contributed by atoms with Crippen LogP contribution in [0.25, 0.3) is 0 Å². The van der Waals surface area contributed by atoms with Crippen LogP contribution in [0.5, 0.6) is 5.88 Å². The molecule has 0 saturated carbocycles. The van der Waals surface area contributed by atoms with Crippen molar-refractivity contribution in [2.75, 3.05) is 0 Å². The van der Waals surface area contributed by atoms with E-state index in [0.717, 1.165) is 16.7 Å². The zero-order valence-corrected chi connectivity index (χ0v) is 17.0. The molecule has 0 bridgehead atoms. The minimum Gasteiger partial charge on any atom is -0.593 e. The molecule has 2 unspecified atom stereocenters. The Morgan fingerprint density at radius 2 is 1.33 bits per heavy atom. The number of rotatable bonds is 5. The first-order chi connectivity index (χ1) is 14.7. The smallest absolute Gasteiger partial charge is 0.271 e. The Morgan fingerprint density at radius 1 is 0.867 bits per heavy atom. The average Bonchev–Trinajstić information content (AvgIpc) is 3.38. The van der Waals surface area contributed by atoms with Crippen molar-refractivity contribution in [1.82, 2.24) is 9.78 Å². The van der Waals surface area contributed by atoms with E-state index in [9.17, 15) is 4.55 Å². The Bertz CT molecular complexity index is 1030. The molecule has 0 radical (unpaired) electrons. The third-order valence-electron chi connectivity index (χ3n) is 5.74. The molecule has 150 valence electrons. The fraction of sp³-hybridized carbons (Fsp3) is 0.125. The molecule has 0 amide bonds. The van der Waals surface area contributed by atoms with Gasteiger partial charge in [-0.05, 0) is 16.7 Å². The van der Waals surface area contributed by atoms with E-state index >= 15 is 0 Å². The topological polar surface area (TPSA) is 76.1 Å². The molecule has 1 aliphatic heterocycles. The maximum atomic E-state index is 12.0. The number of ether oxygens (including phenoxy) is 1. The fourth-order valence-corrected chi connectivity index (χ4v) is 4.94. The van der Waals surface area contributed by atoms with E-state index in [1.54, 1.807) is 4.68 Å². The Labute approximate surface area is 178 Å². The fourth-order valence-electron chi connectivity index (χ4n) is 4.46. The Kier molecular flexibility index (Phi) is 4.83. The van der Waals surface area contributed by atoms with Crippen LogP contribution in [0.4, 0.5) is 0 Å². The van der Waals surface area contributed by atoms with Crippen molar-refractivity contribution in [3.63, 3.8) is 0 Å². The molecule has 0 aliphatic carbocycles. The quantitative estimate of drug-likeness (QED) is 0.399. The third kappa shape index (κ3) is 2.92. The third-order valence-corrected chi connectivity index (χ3v) is 6.45. The van der Waals surface area contributed by atoms with Crippen molar-refractivity contribution in [1.29, 1.82) is 0 Å². The van der Waals surface area contributed by atoms with Gasteiger partial charge < -0.3 is 9.29 Å². The van der Waals surface area contributed by atoms with Crippen LogP contribution in [0.2, 0.25) is 0 Å². The molecular formula is C24H21N3O2S. The zero-order valence-electron chi connectivity index (χ0n) is 16.2. The summed E-state index contributed by atoms with van der Waals surface area (Å²) in [5.74, 6) is 0.480. The molecule has 1 aliphatic rings. The van der Waals surface area contributed by atoms with Crippen molar-refractivity contribution < 1.29 is 9.29 Å². The average molecular weight is 416 g/mol. The standard InChI is InChI=1S/C24H21N3O2S/c25-30(28)21-16-26-27-17-22(29-23(21)27)24(18-10-4-1-5-11-18,19-12-6-2-7-13-19)20-14-8-3-9-15-20/h1-16,22H,17,25H2. The van der Waals surface area contributed by atoms with Gasteiger partial charge in [0.05, 0.1) is 23.3 Å². The van der Waals surface area contributed by atoms with Gasteiger partial charge in [-0.15, -0.1) is 5.14 Å². The van der Waals surface area contributed by atoms with Crippen molar-refractivity contribution in [2.24, 2.45) is 5.14 Å². The van der Waals surface area contributed by atoms with E-state index in [1.165, 1.54) is 6.20 Å².